The van der Waals surface area contributed by atoms with Crippen molar-refractivity contribution in [2.75, 3.05) is 6.54 Å². The first-order chi connectivity index (χ1) is 8.08. The number of carbonyl (C=O) groups excluding carboxylic acids is 1. The van der Waals surface area contributed by atoms with Gasteiger partial charge in [0, 0.05) is 35.7 Å². The standard InChI is InChI=1S/C10H10ClN3O3/c11-8-2-1-6(14(16)17)5-7(8)10-12-4-3-9(15)13-10/h1-2,5,10,12H,3-4H2,(H,13,15)/t10-/m0/s1. The van der Waals surface area contributed by atoms with Crippen molar-refractivity contribution < 1.29 is 9.72 Å². The molecule has 6 nitrogen and oxygen atoms in total. The molecule has 0 radical (unpaired) electrons. The summed E-state index contributed by atoms with van der Waals surface area (Å²) in [4.78, 5) is 21.4. The third-order valence-corrected chi connectivity index (χ3v) is 2.85. The predicted octanol–water partition coefficient (Wildman–Crippen LogP) is 1.36. The van der Waals surface area contributed by atoms with Gasteiger partial charge in [0.15, 0.2) is 0 Å². The molecule has 17 heavy (non-hydrogen) atoms. The van der Waals surface area contributed by atoms with Gasteiger partial charge in [-0.05, 0) is 6.07 Å². The number of non-ortho nitro benzene ring substituents is 1. The summed E-state index contributed by atoms with van der Waals surface area (Å²) in [6, 6.07) is 4.15. The molecule has 0 saturated carbocycles. The fourth-order valence-corrected chi connectivity index (χ4v) is 1.89. The zero-order chi connectivity index (χ0) is 12.4. The molecule has 0 aliphatic carbocycles. The van der Waals surface area contributed by atoms with Crippen LogP contribution in [0.15, 0.2) is 18.2 Å². The third kappa shape index (κ3) is 2.54. The van der Waals surface area contributed by atoms with Gasteiger partial charge in [0.2, 0.25) is 5.91 Å². The molecule has 1 heterocycles. The van der Waals surface area contributed by atoms with Gasteiger partial charge in [-0.2, -0.15) is 0 Å². The largest absolute Gasteiger partial charge is 0.337 e. The smallest absolute Gasteiger partial charge is 0.269 e. The highest BCUT2D eigenvalue weighted by molar-refractivity contribution is 6.31. The summed E-state index contributed by atoms with van der Waals surface area (Å²) in [7, 11) is 0. The molecular weight excluding hydrogens is 246 g/mol. The van der Waals surface area contributed by atoms with Gasteiger partial charge < -0.3 is 5.32 Å². The molecule has 1 saturated heterocycles. The van der Waals surface area contributed by atoms with E-state index < -0.39 is 11.1 Å². The normalized spacial score (nSPS) is 19.8. The lowest BCUT2D eigenvalue weighted by molar-refractivity contribution is -0.384. The molecule has 1 aliphatic rings. The molecule has 0 aromatic heterocycles. The van der Waals surface area contributed by atoms with E-state index in [1.165, 1.54) is 18.2 Å². The first-order valence-electron chi connectivity index (χ1n) is 5.04. The van der Waals surface area contributed by atoms with E-state index in [0.29, 0.717) is 23.6 Å². The van der Waals surface area contributed by atoms with Crippen molar-refractivity contribution in [3.63, 3.8) is 0 Å². The summed E-state index contributed by atoms with van der Waals surface area (Å²) in [6.07, 6.45) is -0.0769. The number of nitro benzene ring substituents is 1. The van der Waals surface area contributed by atoms with Crippen molar-refractivity contribution in [1.82, 2.24) is 10.6 Å². The Balaban J connectivity index is 2.33. The molecule has 1 fully saturated rings. The van der Waals surface area contributed by atoms with E-state index in [0.717, 1.165) is 0 Å². The monoisotopic (exact) mass is 255 g/mol. The molecule has 0 spiro atoms. The lowest BCUT2D eigenvalue weighted by atomic mass is 10.1. The number of carbonyl (C=O) groups is 1. The van der Waals surface area contributed by atoms with Gasteiger partial charge >= 0.3 is 0 Å². The lowest BCUT2D eigenvalue weighted by Gasteiger charge is -2.25. The highest BCUT2D eigenvalue weighted by Crippen LogP contribution is 2.27. The Morgan fingerprint density at radius 3 is 2.88 bits per heavy atom. The first kappa shape index (κ1) is 11.8. The molecule has 0 unspecified atom stereocenters. The van der Waals surface area contributed by atoms with E-state index in [9.17, 15) is 14.9 Å². The number of nitro groups is 1. The summed E-state index contributed by atoms with van der Waals surface area (Å²) in [5, 5.41) is 16.8. The molecule has 1 aliphatic heterocycles. The Kier molecular flexibility index (Phi) is 3.26. The van der Waals surface area contributed by atoms with Gasteiger partial charge in [-0.3, -0.25) is 20.2 Å². The molecule has 1 aromatic carbocycles. The average Bonchev–Trinajstić information content (AvgIpc) is 2.29. The second-order valence-corrected chi connectivity index (χ2v) is 4.07. The van der Waals surface area contributed by atoms with Crippen molar-refractivity contribution in [1.29, 1.82) is 0 Å². The van der Waals surface area contributed by atoms with Gasteiger partial charge in [0.05, 0.1) is 4.92 Å². The summed E-state index contributed by atoms with van der Waals surface area (Å²) in [5.74, 6) is -0.101. The van der Waals surface area contributed by atoms with Gasteiger partial charge in [-0.1, -0.05) is 11.6 Å². The van der Waals surface area contributed by atoms with Crippen LogP contribution in [0, 0.1) is 10.1 Å². The molecule has 1 amide bonds. The number of hydrogen-bond donors (Lipinski definition) is 2. The van der Waals surface area contributed by atoms with Crippen LogP contribution < -0.4 is 10.6 Å². The molecule has 7 heteroatoms. The van der Waals surface area contributed by atoms with Crippen LogP contribution in [0.25, 0.3) is 0 Å². The predicted molar refractivity (Wildman–Crippen MR) is 61.6 cm³/mol. The maximum absolute atomic E-state index is 11.2. The summed E-state index contributed by atoms with van der Waals surface area (Å²) in [5.41, 5.74) is 0.458. The quantitative estimate of drug-likeness (QED) is 0.617. The minimum absolute atomic E-state index is 0.0500. The maximum Gasteiger partial charge on any atom is 0.269 e. The molecular formula is C10H10ClN3O3. The summed E-state index contributed by atoms with van der Waals surface area (Å²) < 4.78 is 0. The van der Waals surface area contributed by atoms with Crippen LogP contribution in [0.5, 0.6) is 0 Å². The minimum Gasteiger partial charge on any atom is -0.337 e. The van der Waals surface area contributed by atoms with E-state index in [-0.39, 0.29) is 11.6 Å². The third-order valence-electron chi connectivity index (χ3n) is 2.51. The number of amides is 1. The Morgan fingerprint density at radius 1 is 1.47 bits per heavy atom. The number of nitrogens with one attached hydrogen (secondary N) is 2. The maximum atomic E-state index is 11.2. The van der Waals surface area contributed by atoms with Gasteiger partial charge in [-0.15, -0.1) is 0 Å². The van der Waals surface area contributed by atoms with Crippen LogP contribution in [0.3, 0.4) is 0 Å². The second-order valence-electron chi connectivity index (χ2n) is 3.67. The number of hydrogen-bond acceptors (Lipinski definition) is 4. The molecule has 90 valence electrons. The van der Waals surface area contributed by atoms with Crippen LogP contribution in [0.1, 0.15) is 18.2 Å². The Bertz CT molecular complexity index is 478. The fourth-order valence-electron chi connectivity index (χ4n) is 1.67. The lowest BCUT2D eigenvalue weighted by Crippen LogP contribution is -2.44. The van der Waals surface area contributed by atoms with Gasteiger partial charge in [0.1, 0.15) is 6.17 Å². The zero-order valence-electron chi connectivity index (χ0n) is 8.77. The van der Waals surface area contributed by atoms with Crippen LogP contribution in [-0.2, 0) is 4.79 Å². The van der Waals surface area contributed by atoms with Crippen LogP contribution in [-0.4, -0.2) is 17.4 Å². The van der Waals surface area contributed by atoms with Crippen molar-refractivity contribution in [3.8, 4) is 0 Å². The molecule has 0 bridgehead atoms. The topological polar surface area (TPSA) is 84.3 Å². The number of rotatable bonds is 2. The van der Waals surface area contributed by atoms with Crippen molar-refractivity contribution in [2.45, 2.75) is 12.6 Å². The Morgan fingerprint density at radius 2 is 2.24 bits per heavy atom. The van der Waals surface area contributed by atoms with Crippen LogP contribution >= 0.6 is 11.6 Å². The average molecular weight is 256 g/mol. The SMILES string of the molecule is O=C1CCN[C@H](c2cc([N+](=O)[O-])ccc2Cl)N1. The molecule has 2 rings (SSSR count). The van der Waals surface area contributed by atoms with Crippen molar-refractivity contribution in [3.05, 3.63) is 38.9 Å². The van der Waals surface area contributed by atoms with Gasteiger partial charge in [0.25, 0.3) is 5.69 Å². The second kappa shape index (κ2) is 4.68. The van der Waals surface area contributed by atoms with Crippen LogP contribution in [0.4, 0.5) is 5.69 Å². The Labute approximate surface area is 102 Å². The molecule has 1 atom stereocenters. The van der Waals surface area contributed by atoms with Crippen LogP contribution in [0.2, 0.25) is 5.02 Å². The minimum atomic E-state index is -0.496. The Hall–Kier alpha value is -1.66. The fraction of sp³-hybridized carbons (Fsp3) is 0.300. The van der Waals surface area contributed by atoms with Crippen molar-refractivity contribution in [2.24, 2.45) is 0 Å². The van der Waals surface area contributed by atoms with Gasteiger partial charge in [-0.25, -0.2) is 0 Å². The number of nitrogens with zero attached hydrogens (tertiary/aromatic N) is 1. The summed E-state index contributed by atoms with van der Waals surface area (Å²) >= 11 is 5.97. The van der Waals surface area contributed by atoms with E-state index in [4.69, 9.17) is 11.6 Å². The highest BCUT2D eigenvalue weighted by atomic mass is 35.5. The first-order valence-corrected chi connectivity index (χ1v) is 5.42. The zero-order valence-corrected chi connectivity index (χ0v) is 9.53. The van der Waals surface area contributed by atoms with E-state index >= 15 is 0 Å². The van der Waals surface area contributed by atoms with E-state index in [1.54, 1.807) is 0 Å². The molecule has 1 aromatic rings. The number of halogens is 1. The summed E-state index contributed by atoms with van der Waals surface area (Å²) in [6.45, 7) is 0.523. The molecule has 2 N–H and O–H groups in total. The van der Waals surface area contributed by atoms with Crippen molar-refractivity contribution >= 4 is 23.2 Å². The number of benzene rings is 1. The van der Waals surface area contributed by atoms with E-state index in [2.05, 4.69) is 10.6 Å². The van der Waals surface area contributed by atoms with E-state index in [1.807, 2.05) is 0 Å². The highest BCUT2D eigenvalue weighted by Gasteiger charge is 2.22.